The normalized spacial score (nSPS) is 12.6. The summed E-state index contributed by atoms with van der Waals surface area (Å²) in [5.74, 6) is 0.0821. The van der Waals surface area contributed by atoms with Crippen LogP contribution in [0.3, 0.4) is 0 Å². The molecule has 4 nitrogen and oxygen atoms in total. The van der Waals surface area contributed by atoms with Crippen LogP contribution < -0.4 is 0 Å². The Balaban J connectivity index is 2.22. The largest absolute Gasteiger partial charge is 0.385 e. The second kappa shape index (κ2) is 5.69. The number of hydrogen-bond acceptors (Lipinski definition) is 4. The van der Waals surface area contributed by atoms with Crippen LogP contribution in [0.5, 0.6) is 0 Å². The number of carbonyl (C=O) groups excluding carboxylic acids is 1. The van der Waals surface area contributed by atoms with E-state index in [1.54, 1.807) is 25.6 Å². The van der Waals surface area contributed by atoms with Gasteiger partial charge in [0.15, 0.2) is 5.78 Å². The molecule has 0 saturated heterocycles. The molecular formula is C14H16N2O2. The van der Waals surface area contributed by atoms with Crippen molar-refractivity contribution in [2.24, 2.45) is 5.92 Å². The Labute approximate surface area is 106 Å². The monoisotopic (exact) mass is 244 g/mol. The van der Waals surface area contributed by atoms with Gasteiger partial charge >= 0.3 is 0 Å². The lowest BCUT2D eigenvalue weighted by Gasteiger charge is -2.10. The van der Waals surface area contributed by atoms with Crippen LogP contribution >= 0.6 is 0 Å². The molecule has 1 heterocycles. The van der Waals surface area contributed by atoms with Crippen molar-refractivity contribution in [3.63, 3.8) is 0 Å². The van der Waals surface area contributed by atoms with Gasteiger partial charge in [0.1, 0.15) is 0 Å². The number of Topliss-reactive ketones (excluding diaryl/α,β-unsaturated/α-hetero) is 1. The minimum absolute atomic E-state index is 0.0425. The van der Waals surface area contributed by atoms with E-state index in [1.807, 2.05) is 19.1 Å². The lowest BCUT2D eigenvalue weighted by Crippen LogP contribution is -2.13. The summed E-state index contributed by atoms with van der Waals surface area (Å²) in [6, 6.07) is 5.44. The Morgan fingerprint density at radius 3 is 2.72 bits per heavy atom. The standard InChI is InChI=1S/C14H16N2O2/c1-10(5-8-18-2)14(17)11-3-4-12-13(9-11)16-7-6-15-12/h3-4,6-7,9-10H,5,8H2,1-2H3. The van der Waals surface area contributed by atoms with Crippen molar-refractivity contribution in [2.45, 2.75) is 13.3 Å². The number of fused-ring (bicyclic) bond motifs is 1. The van der Waals surface area contributed by atoms with Crippen molar-refractivity contribution in [3.05, 3.63) is 36.2 Å². The molecule has 0 saturated carbocycles. The summed E-state index contributed by atoms with van der Waals surface area (Å²) in [7, 11) is 1.64. The van der Waals surface area contributed by atoms with Crippen LogP contribution in [0.25, 0.3) is 11.0 Å². The molecule has 0 aliphatic heterocycles. The number of rotatable bonds is 5. The van der Waals surface area contributed by atoms with Crippen molar-refractivity contribution in [1.82, 2.24) is 9.97 Å². The second-order valence-corrected chi connectivity index (χ2v) is 4.31. The number of nitrogens with zero attached hydrogens (tertiary/aromatic N) is 2. The number of ether oxygens (including phenoxy) is 1. The highest BCUT2D eigenvalue weighted by Gasteiger charge is 2.15. The molecule has 2 rings (SSSR count). The zero-order valence-corrected chi connectivity index (χ0v) is 10.6. The zero-order valence-electron chi connectivity index (χ0n) is 10.6. The van der Waals surface area contributed by atoms with E-state index in [0.717, 1.165) is 17.5 Å². The topological polar surface area (TPSA) is 52.1 Å². The first-order valence-electron chi connectivity index (χ1n) is 5.96. The van der Waals surface area contributed by atoms with Crippen molar-refractivity contribution >= 4 is 16.8 Å². The van der Waals surface area contributed by atoms with Crippen LogP contribution in [0.15, 0.2) is 30.6 Å². The molecule has 1 atom stereocenters. The Hall–Kier alpha value is -1.81. The zero-order chi connectivity index (χ0) is 13.0. The molecule has 0 N–H and O–H groups in total. The lowest BCUT2D eigenvalue weighted by atomic mass is 9.96. The van der Waals surface area contributed by atoms with Gasteiger partial charge in [0.05, 0.1) is 11.0 Å². The Morgan fingerprint density at radius 2 is 2.00 bits per heavy atom. The maximum atomic E-state index is 12.2. The van der Waals surface area contributed by atoms with Crippen LogP contribution in [0.4, 0.5) is 0 Å². The van der Waals surface area contributed by atoms with Gasteiger partial charge < -0.3 is 4.74 Å². The van der Waals surface area contributed by atoms with Crippen molar-refractivity contribution in [2.75, 3.05) is 13.7 Å². The molecule has 0 aliphatic rings. The first-order valence-corrected chi connectivity index (χ1v) is 5.96. The van der Waals surface area contributed by atoms with Gasteiger partial charge in [-0.05, 0) is 24.6 Å². The van der Waals surface area contributed by atoms with Gasteiger partial charge in [-0.3, -0.25) is 14.8 Å². The van der Waals surface area contributed by atoms with Gasteiger partial charge in [0.2, 0.25) is 0 Å². The molecule has 1 aromatic heterocycles. The third-order valence-electron chi connectivity index (χ3n) is 2.96. The summed E-state index contributed by atoms with van der Waals surface area (Å²) < 4.78 is 4.99. The molecular weight excluding hydrogens is 228 g/mol. The fraction of sp³-hybridized carbons (Fsp3) is 0.357. The first-order chi connectivity index (χ1) is 8.72. The van der Waals surface area contributed by atoms with E-state index >= 15 is 0 Å². The molecule has 0 spiro atoms. The molecule has 2 aromatic rings. The van der Waals surface area contributed by atoms with E-state index in [1.165, 1.54) is 0 Å². The van der Waals surface area contributed by atoms with Gasteiger partial charge in [-0.2, -0.15) is 0 Å². The smallest absolute Gasteiger partial charge is 0.165 e. The Kier molecular flexibility index (Phi) is 3.99. The van der Waals surface area contributed by atoms with Crippen molar-refractivity contribution in [3.8, 4) is 0 Å². The van der Waals surface area contributed by atoms with Gasteiger partial charge in [-0.15, -0.1) is 0 Å². The number of hydrogen-bond donors (Lipinski definition) is 0. The quantitative estimate of drug-likeness (QED) is 0.758. The van der Waals surface area contributed by atoms with Crippen molar-refractivity contribution < 1.29 is 9.53 Å². The van der Waals surface area contributed by atoms with Crippen LogP contribution in [0, 0.1) is 5.92 Å². The van der Waals surface area contributed by atoms with E-state index in [9.17, 15) is 4.79 Å². The van der Waals surface area contributed by atoms with E-state index in [2.05, 4.69) is 9.97 Å². The molecule has 0 amide bonds. The van der Waals surface area contributed by atoms with E-state index < -0.39 is 0 Å². The summed E-state index contributed by atoms with van der Waals surface area (Å²) >= 11 is 0. The maximum absolute atomic E-state index is 12.2. The maximum Gasteiger partial charge on any atom is 0.165 e. The molecule has 1 unspecified atom stereocenters. The average molecular weight is 244 g/mol. The predicted molar refractivity (Wildman–Crippen MR) is 69.5 cm³/mol. The molecule has 1 aromatic carbocycles. The molecule has 0 radical (unpaired) electrons. The number of ketones is 1. The molecule has 4 heteroatoms. The number of methoxy groups -OCH3 is 1. The van der Waals surface area contributed by atoms with Gasteiger partial charge in [-0.1, -0.05) is 6.92 Å². The van der Waals surface area contributed by atoms with Gasteiger partial charge in [0, 0.05) is 37.6 Å². The van der Waals surface area contributed by atoms with E-state index in [0.29, 0.717) is 12.2 Å². The molecule has 0 bridgehead atoms. The number of aromatic nitrogens is 2. The minimum Gasteiger partial charge on any atom is -0.385 e. The summed E-state index contributed by atoms with van der Waals surface area (Å²) in [5, 5.41) is 0. The minimum atomic E-state index is -0.0425. The van der Waals surface area contributed by atoms with Crippen LogP contribution in [0.2, 0.25) is 0 Å². The van der Waals surface area contributed by atoms with Crippen molar-refractivity contribution in [1.29, 1.82) is 0 Å². The average Bonchev–Trinajstić information content (AvgIpc) is 2.43. The molecule has 94 valence electrons. The Bertz CT molecular complexity index is 554. The highest BCUT2D eigenvalue weighted by molar-refractivity contribution is 6.00. The highest BCUT2D eigenvalue weighted by atomic mass is 16.5. The third kappa shape index (κ3) is 2.71. The highest BCUT2D eigenvalue weighted by Crippen LogP contribution is 2.16. The lowest BCUT2D eigenvalue weighted by molar-refractivity contribution is 0.0894. The Morgan fingerprint density at radius 1 is 1.28 bits per heavy atom. The SMILES string of the molecule is COCCC(C)C(=O)c1ccc2nccnc2c1. The summed E-state index contributed by atoms with van der Waals surface area (Å²) in [5.41, 5.74) is 2.24. The summed E-state index contributed by atoms with van der Waals surface area (Å²) in [6.07, 6.45) is 4.00. The molecule has 0 fully saturated rings. The molecule has 0 aliphatic carbocycles. The van der Waals surface area contributed by atoms with Gasteiger partial charge in [0.25, 0.3) is 0 Å². The summed E-state index contributed by atoms with van der Waals surface area (Å²) in [4.78, 5) is 20.6. The molecule has 18 heavy (non-hydrogen) atoms. The number of benzene rings is 1. The van der Waals surface area contributed by atoms with E-state index in [4.69, 9.17) is 4.74 Å². The first kappa shape index (κ1) is 12.6. The van der Waals surface area contributed by atoms with Crippen LogP contribution in [0.1, 0.15) is 23.7 Å². The van der Waals surface area contributed by atoms with Crippen LogP contribution in [-0.2, 0) is 4.74 Å². The number of carbonyl (C=O) groups is 1. The fourth-order valence-electron chi connectivity index (χ4n) is 1.83. The second-order valence-electron chi connectivity index (χ2n) is 4.31. The predicted octanol–water partition coefficient (Wildman–Crippen LogP) is 2.49. The van der Waals surface area contributed by atoms with E-state index in [-0.39, 0.29) is 11.7 Å². The third-order valence-corrected chi connectivity index (χ3v) is 2.96. The van der Waals surface area contributed by atoms with Crippen LogP contribution in [-0.4, -0.2) is 29.5 Å². The van der Waals surface area contributed by atoms with Gasteiger partial charge in [-0.25, -0.2) is 0 Å². The fourth-order valence-corrected chi connectivity index (χ4v) is 1.83. The summed E-state index contributed by atoms with van der Waals surface area (Å²) in [6.45, 7) is 2.52.